The molecule has 1 heterocycles. The quantitative estimate of drug-likeness (QED) is 0.670. The van der Waals surface area contributed by atoms with E-state index in [1.165, 1.54) is 19.3 Å². The second-order valence-corrected chi connectivity index (χ2v) is 12.2. The van der Waals surface area contributed by atoms with Crippen LogP contribution in [0.5, 0.6) is 0 Å². The molecule has 4 bridgehead atoms. The maximum Gasteiger partial charge on any atom is 0.228 e. The van der Waals surface area contributed by atoms with Gasteiger partial charge in [0.2, 0.25) is 11.8 Å². The first-order valence-corrected chi connectivity index (χ1v) is 11.8. The van der Waals surface area contributed by atoms with Crippen molar-refractivity contribution in [2.24, 2.45) is 29.1 Å². The van der Waals surface area contributed by atoms with E-state index in [1.54, 1.807) is 0 Å². The van der Waals surface area contributed by atoms with Gasteiger partial charge in [-0.3, -0.25) is 9.59 Å². The van der Waals surface area contributed by atoms with Crippen LogP contribution in [0.4, 0.5) is 0 Å². The van der Waals surface area contributed by atoms with Crippen molar-refractivity contribution < 1.29 is 9.59 Å². The van der Waals surface area contributed by atoms with Gasteiger partial charge in [-0.1, -0.05) is 29.8 Å². The molecule has 0 spiro atoms. The van der Waals surface area contributed by atoms with Gasteiger partial charge in [-0.25, -0.2) is 0 Å². The standard InChI is InChI=1S/C22H35BrN2O2/c1-14(2)15(3)24-19(26)18-4-6-25(7-5-18)20(27)21-9-16-8-17(10-21)12-22(23,11-16)13-21/h14-18H,4-13H2,1-3H3,(H,24,26). The summed E-state index contributed by atoms with van der Waals surface area (Å²) in [7, 11) is 0. The van der Waals surface area contributed by atoms with Gasteiger partial charge in [-0.15, -0.1) is 0 Å². The second-order valence-electron chi connectivity index (χ2n) is 10.5. The van der Waals surface area contributed by atoms with E-state index in [0.29, 0.717) is 11.8 Å². The van der Waals surface area contributed by atoms with Crippen LogP contribution in [0.25, 0.3) is 0 Å². The molecule has 0 radical (unpaired) electrons. The van der Waals surface area contributed by atoms with E-state index >= 15 is 0 Å². The highest BCUT2D eigenvalue weighted by atomic mass is 79.9. The molecule has 0 aromatic rings. The normalized spacial score (nSPS) is 39.7. The number of likely N-dealkylation sites (tertiary alicyclic amines) is 1. The van der Waals surface area contributed by atoms with Crippen LogP contribution in [0, 0.1) is 29.1 Å². The molecule has 1 N–H and O–H groups in total. The third-order valence-corrected chi connectivity index (χ3v) is 8.89. The first-order valence-electron chi connectivity index (χ1n) is 11.0. The zero-order valence-corrected chi connectivity index (χ0v) is 18.7. The van der Waals surface area contributed by atoms with Crippen LogP contribution in [0.2, 0.25) is 0 Å². The molecule has 27 heavy (non-hydrogen) atoms. The molecule has 3 atom stereocenters. The summed E-state index contributed by atoms with van der Waals surface area (Å²) >= 11 is 4.02. The first-order chi connectivity index (χ1) is 12.7. The van der Waals surface area contributed by atoms with Crippen molar-refractivity contribution in [3.05, 3.63) is 0 Å². The highest BCUT2D eigenvalue weighted by Crippen LogP contribution is 2.64. The molecule has 4 nitrogen and oxygen atoms in total. The van der Waals surface area contributed by atoms with Crippen molar-refractivity contribution in [1.29, 1.82) is 0 Å². The number of carbonyl (C=O) groups is 2. The van der Waals surface area contributed by atoms with Crippen LogP contribution in [0.3, 0.4) is 0 Å². The summed E-state index contributed by atoms with van der Waals surface area (Å²) in [5.74, 6) is 2.55. The summed E-state index contributed by atoms with van der Waals surface area (Å²) < 4.78 is 0.220. The number of piperidine rings is 1. The number of hydrogen-bond acceptors (Lipinski definition) is 2. The van der Waals surface area contributed by atoms with E-state index in [-0.39, 0.29) is 27.6 Å². The minimum Gasteiger partial charge on any atom is -0.353 e. The van der Waals surface area contributed by atoms with Crippen LogP contribution in [0.1, 0.15) is 72.1 Å². The molecule has 4 saturated carbocycles. The zero-order chi connectivity index (χ0) is 19.4. The fourth-order valence-electron chi connectivity index (χ4n) is 6.59. The molecule has 1 aliphatic heterocycles. The van der Waals surface area contributed by atoms with Crippen molar-refractivity contribution in [2.75, 3.05) is 13.1 Å². The van der Waals surface area contributed by atoms with E-state index in [0.717, 1.165) is 57.0 Å². The molecule has 152 valence electrons. The molecule has 5 heteroatoms. The lowest BCUT2D eigenvalue weighted by Gasteiger charge is -2.60. The van der Waals surface area contributed by atoms with Crippen LogP contribution in [-0.2, 0) is 9.59 Å². The van der Waals surface area contributed by atoms with Gasteiger partial charge in [0.15, 0.2) is 0 Å². The number of hydrogen-bond donors (Lipinski definition) is 1. The van der Waals surface area contributed by atoms with Crippen molar-refractivity contribution in [3.8, 4) is 0 Å². The van der Waals surface area contributed by atoms with Gasteiger partial charge in [-0.05, 0) is 76.0 Å². The van der Waals surface area contributed by atoms with E-state index < -0.39 is 0 Å². The highest BCUT2D eigenvalue weighted by Gasteiger charge is 2.60. The predicted molar refractivity (Wildman–Crippen MR) is 111 cm³/mol. The lowest BCUT2D eigenvalue weighted by molar-refractivity contribution is -0.157. The van der Waals surface area contributed by atoms with Gasteiger partial charge in [0.1, 0.15) is 0 Å². The van der Waals surface area contributed by atoms with Crippen LogP contribution in [-0.4, -0.2) is 40.2 Å². The molecule has 0 aromatic carbocycles. The number of nitrogens with one attached hydrogen (secondary N) is 1. The fraction of sp³-hybridized carbons (Fsp3) is 0.909. The first kappa shape index (κ1) is 19.7. The second kappa shape index (κ2) is 7.03. The van der Waals surface area contributed by atoms with Crippen LogP contribution in [0.15, 0.2) is 0 Å². The van der Waals surface area contributed by atoms with Gasteiger partial charge in [0.25, 0.3) is 0 Å². The molecule has 5 fully saturated rings. The predicted octanol–water partition coefficient (Wildman–Crippen LogP) is 4.12. The lowest BCUT2D eigenvalue weighted by atomic mass is 9.49. The number of alkyl halides is 1. The third-order valence-electron chi connectivity index (χ3n) is 7.97. The van der Waals surface area contributed by atoms with Crippen molar-refractivity contribution in [1.82, 2.24) is 10.2 Å². The summed E-state index contributed by atoms with van der Waals surface area (Å²) in [6.07, 6.45) is 8.69. The molecule has 0 aromatic heterocycles. The molecular weight excluding hydrogens is 404 g/mol. The Hall–Kier alpha value is -0.580. The van der Waals surface area contributed by atoms with Crippen molar-refractivity contribution in [2.45, 2.75) is 82.5 Å². The Balaban J connectivity index is 1.36. The summed E-state index contributed by atoms with van der Waals surface area (Å²) in [6.45, 7) is 7.84. The molecule has 3 unspecified atom stereocenters. The average Bonchev–Trinajstić information content (AvgIpc) is 2.59. The minimum absolute atomic E-state index is 0.0640. The average molecular weight is 439 g/mol. The molecule has 4 aliphatic carbocycles. The van der Waals surface area contributed by atoms with Crippen LogP contribution >= 0.6 is 15.9 Å². The number of amides is 2. The zero-order valence-electron chi connectivity index (χ0n) is 17.1. The SMILES string of the molecule is CC(C)C(C)NC(=O)C1CCN(C(=O)C23CC4CC(CC(Br)(C4)C2)C3)CC1. The summed E-state index contributed by atoms with van der Waals surface area (Å²) in [5.41, 5.74) is -0.116. The largest absolute Gasteiger partial charge is 0.353 e. The molecule has 5 aliphatic rings. The van der Waals surface area contributed by atoms with E-state index in [9.17, 15) is 9.59 Å². The van der Waals surface area contributed by atoms with Crippen LogP contribution < -0.4 is 5.32 Å². The topological polar surface area (TPSA) is 49.4 Å². The third kappa shape index (κ3) is 3.70. The Bertz CT molecular complexity index is 597. The van der Waals surface area contributed by atoms with Crippen molar-refractivity contribution >= 4 is 27.7 Å². The highest BCUT2D eigenvalue weighted by molar-refractivity contribution is 9.10. The van der Waals surface area contributed by atoms with Gasteiger partial charge in [-0.2, -0.15) is 0 Å². The summed E-state index contributed by atoms with van der Waals surface area (Å²) in [6, 6.07) is 0.208. The number of halogens is 1. The van der Waals surface area contributed by atoms with Gasteiger partial charge in [0.05, 0.1) is 5.41 Å². The Morgan fingerprint density at radius 3 is 2.15 bits per heavy atom. The number of rotatable bonds is 4. The maximum absolute atomic E-state index is 13.5. The Morgan fingerprint density at radius 1 is 1.04 bits per heavy atom. The number of nitrogens with zero attached hydrogens (tertiary/aromatic N) is 1. The lowest BCUT2D eigenvalue weighted by Crippen LogP contribution is -2.59. The molecule has 2 amide bonds. The Labute approximate surface area is 172 Å². The Morgan fingerprint density at radius 2 is 1.63 bits per heavy atom. The van der Waals surface area contributed by atoms with Crippen molar-refractivity contribution in [3.63, 3.8) is 0 Å². The smallest absolute Gasteiger partial charge is 0.228 e. The fourth-order valence-corrected chi connectivity index (χ4v) is 8.04. The monoisotopic (exact) mass is 438 g/mol. The molecule has 1 saturated heterocycles. The Kier molecular flexibility index (Phi) is 5.14. The van der Waals surface area contributed by atoms with Gasteiger partial charge in [0, 0.05) is 29.4 Å². The minimum atomic E-state index is -0.116. The summed E-state index contributed by atoms with van der Waals surface area (Å²) in [4.78, 5) is 28.2. The number of carbonyl (C=O) groups excluding carboxylic acids is 2. The van der Waals surface area contributed by atoms with Gasteiger partial charge >= 0.3 is 0 Å². The maximum atomic E-state index is 13.5. The van der Waals surface area contributed by atoms with E-state index in [2.05, 4.69) is 46.9 Å². The molecule has 5 rings (SSSR count). The van der Waals surface area contributed by atoms with E-state index in [1.807, 2.05) is 0 Å². The molecular formula is C22H35BrN2O2. The van der Waals surface area contributed by atoms with E-state index in [4.69, 9.17) is 0 Å². The van der Waals surface area contributed by atoms with Gasteiger partial charge < -0.3 is 10.2 Å². The summed E-state index contributed by atoms with van der Waals surface area (Å²) in [5, 5.41) is 3.16.